The molecule has 0 aliphatic rings. The van der Waals surface area contributed by atoms with Crippen molar-refractivity contribution in [3.63, 3.8) is 0 Å². The summed E-state index contributed by atoms with van der Waals surface area (Å²) in [6.45, 7) is 6.43. The summed E-state index contributed by atoms with van der Waals surface area (Å²) in [6.07, 6.45) is 1.27. The lowest BCUT2D eigenvalue weighted by molar-refractivity contribution is -0.139. The van der Waals surface area contributed by atoms with Gasteiger partial charge in [-0.25, -0.2) is 0 Å². The fourth-order valence-electron chi connectivity index (χ4n) is 3.72. The minimum Gasteiger partial charge on any atom is -0.352 e. The summed E-state index contributed by atoms with van der Waals surface area (Å²) >= 11 is 7.46. The van der Waals surface area contributed by atoms with Gasteiger partial charge in [-0.15, -0.1) is 11.8 Å². The Bertz CT molecular complexity index is 1110. The number of carbonyl (C=O) groups excluding carboxylic acids is 2. The van der Waals surface area contributed by atoms with Crippen molar-refractivity contribution in [1.29, 1.82) is 0 Å². The van der Waals surface area contributed by atoms with E-state index in [9.17, 15) is 9.59 Å². The maximum Gasteiger partial charge on any atom is 0.243 e. The van der Waals surface area contributed by atoms with E-state index in [-0.39, 0.29) is 23.6 Å². The standard InChI is InChI=1S/C29H33ClN2O2S/c1-4-22(3)31-29(34)27(18-23-11-6-5-7-12-23)32(19-24-13-9-8-10-21(24)2)28(33)20-35-26-16-14-25(30)15-17-26/h5-17,22,27H,4,18-20H2,1-3H3,(H,31,34)/t22-,27+/m1/s1. The lowest BCUT2D eigenvalue weighted by atomic mass is 10.0. The van der Waals surface area contributed by atoms with E-state index in [0.717, 1.165) is 28.0 Å². The topological polar surface area (TPSA) is 49.4 Å². The van der Waals surface area contributed by atoms with E-state index < -0.39 is 6.04 Å². The van der Waals surface area contributed by atoms with Crippen molar-refractivity contribution >= 4 is 35.2 Å². The fraction of sp³-hybridized carbons (Fsp3) is 0.310. The van der Waals surface area contributed by atoms with Crippen molar-refractivity contribution in [2.75, 3.05) is 5.75 Å². The molecule has 2 amide bonds. The maximum atomic E-state index is 13.7. The Hall–Kier alpha value is -2.76. The largest absolute Gasteiger partial charge is 0.352 e. The molecule has 3 rings (SSSR count). The summed E-state index contributed by atoms with van der Waals surface area (Å²) in [5.74, 6) is 0.0325. The highest BCUT2D eigenvalue weighted by atomic mass is 35.5. The van der Waals surface area contributed by atoms with E-state index >= 15 is 0 Å². The molecular weight excluding hydrogens is 476 g/mol. The minimum atomic E-state index is -0.621. The van der Waals surface area contributed by atoms with Crippen LogP contribution in [0, 0.1) is 6.92 Å². The van der Waals surface area contributed by atoms with Crippen LogP contribution in [0.15, 0.2) is 83.8 Å². The Morgan fingerprint density at radius 2 is 1.63 bits per heavy atom. The number of nitrogens with zero attached hydrogens (tertiary/aromatic N) is 1. The SMILES string of the molecule is CC[C@@H](C)NC(=O)[C@H](Cc1ccccc1)N(Cc1ccccc1C)C(=O)CSc1ccc(Cl)cc1. The van der Waals surface area contributed by atoms with Crippen molar-refractivity contribution in [3.8, 4) is 0 Å². The molecular formula is C29H33ClN2O2S. The van der Waals surface area contributed by atoms with E-state index in [1.807, 2.05) is 99.6 Å². The van der Waals surface area contributed by atoms with E-state index in [4.69, 9.17) is 11.6 Å². The highest BCUT2D eigenvalue weighted by Crippen LogP contribution is 2.23. The number of benzene rings is 3. The molecule has 0 bridgehead atoms. The molecule has 3 aromatic carbocycles. The Balaban J connectivity index is 1.91. The highest BCUT2D eigenvalue weighted by Gasteiger charge is 2.31. The second-order valence-electron chi connectivity index (χ2n) is 8.71. The summed E-state index contributed by atoms with van der Waals surface area (Å²) < 4.78 is 0. The number of aryl methyl sites for hydroxylation is 1. The van der Waals surface area contributed by atoms with E-state index in [2.05, 4.69) is 5.32 Å². The van der Waals surface area contributed by atoms with Crippen LogP contribution in [0.3, 0.4) is 0 Å². The Morgan fingerprint density at radius 3 is 2.29 bits per heavy atom. The van der Waals surface area contributed by atoms with Gasteiger partial charge in [0.2, 0.25) is 11.8 Å². The highest BCUT2D eigenvalue weighted by molar-refractivity contribution is 8.00. The van der Waals surface area contributed by atoms with Crippen LogP contribution >= 0.6 is 23.4 Å². The second kappa shape index (κ2) is 13.4. The Kier molecular flexibility index (Phi) is 10.2. The van der Waals surface area contributed by atoms with Crippen molar-refractivity contribution in [2.45, 2.75) is 57.1 Å². The predicted octanol–water partition coefficient (Wildman–Crippen LogP) is 6.30. The van der Waals surface area contributed by atoms with Gasteiger partial charge in [0.25, 0.3) is 0 Å². The molecule has 0 radical (unpaired) electrons. The van der Waals surface area contributed by atoms with E-state index in [0.29, 0.717) is 18.0 Å². The van der Waals surface area contributed by atoms with Gasteiger partial charge in [-0.05, 0) is 61.2 Å². The maximum absolute atomic E-state index is 13.7. The molecule has 184 valence electrons. The third-order valence-corrected chi connectivity index (χ3v) is 7.30. The molecule has 4 nitrogen and oxygen atoms in total. The molecule has 0 aliphatic carbocycles. The van der Waals surface area contributed by atoms with Gasteiger partial charge in [-0.2, -0.15) is 0 Å². The van der Waals surface area contributed by atoms with Crippen LogP contribution in [0.2, 0.25) is 5.02 Å². The molecule has 0 heterocycles. The molecule has 0 aliphatic heterocycles. The molecule has 1 N–H and O–H groups in total. The minimum absolute atomic E-state index is 0.0274. The zero-order chi connectivity index (χ0) is 25.2. The molecule has 3 aromatic rings. The number of nitrogens with one attached hydrogen (secondary N) is 1. The van der Waals surface area contributed by atoms with Crippen LogP contribution in [-0.2, 0) is 22.6 Å². The third kappa shape index (κ3) is 8.15. The van der Waals surface area contributed by atoms with Crippen LogP contribution in [-0.4, -0.2) is 34.6 Å². The van der Waals surface area contributed by atoms with Crippen LogP contribution < -0.4 is 5.32 Å². The van der Waals surface area contributed by atoms with Crippen molar-refractivity contribution in [3.05, 3.63) is 101 Å². The van der Waals surface area contributed by atoms with Crippen LogP contribution in [0.1, 0.15) is 37.0 Å². The van der Waals surface area contributed by atoms with E-state index in [1.165, 1.54) is 11.8 Å². The number of hydrogen-bond acceptors (Lipinski definition) is 3. The predicted molar refractivity (Wildman–Crippen MR) is 146 cm³/mol. The number of thioether (sulfide) groups is 1. The van der Waals surface area contributed by atoms with E-state index in [1.54, 1.807) is 4.90 Å². The van der Waals surface area contributed by atoms with Gasteiger partial charge in [-0.3, -0.25) is 9.59 Å². The van der Waals surface area contributed by atoms with Gasteiger partial charge in [0.15, 0.2) is 0 Å². The van der Waals surface area contributed by atoms with Crippen molar-refractivity contribution in [1.82, 2.24) is 10.2 Å². The molecule has 0 unspecified atom stereocenters. The molecule has 0 saturated heterocycles. The monoisotopic (exact) mass is 508 g/mol. The smallest absolute Gasteiger partial charge is 0.243 e. The second-order valence-corrected chi connectivity index (χ2v) is 10.2. The molecule has 35 heavy (non-hydrogen) atoms. The average Bonchev–Trinajstić information content (AvgIpc) is 2.87. The summed E-state index contributed by atoms with van der Waals surface area (Å²) in [5, 5.41) is 3.77. The zero-order valence-corrected chi connectivity index (χ0v) is 22.1. The summed E-state index contributed by atoms with van der Waals surface area (Å²) in [7, 11) is 0. The molecule has 0 spiro atoms. The van der Waals surface area contributed by atoms with Crippen LogP contribution in [0.4, 0.5) is 0 Å². The number of hydrogen-bond donors (Lipinski definition) is 1. The number of rotatable bonds is 11. The molecule has 2 atom stereocenters. The first kappa shape index (κ1) is 26.8. The lowest BCUT2D eigenvalue weighted by Gasteiger charge is -2.32. The number of halogens is 1. The first-order chi connectivity index (χ1) is 16.9. The number of carbonyl (C=O) groups is 2. The van der Waals surface area contributed by atoms with Gasteiger partial charge in [0.05, 0.1) is 5.75 Å². The fourth-order valence-corrected chi connectivity index (χ4v) is 4.64. The number of amides is 2. The molecule has 0 saturated carbocycles. The van der Waals surface area contributed by atoms with Gasteiger partial charge in [0.1, 0.15) is 6.04 Å². The van der Waals surface area contributed by atoms with Gasteiger partial charge >= 0.3 is 0 Å². The Labute approximate surface area is 218 Å². The van der Waals surface area contributed by atoms with Crippen LogP contribution in [0.5, 0.6) is 0 Å². The molecule has 0 aromatic heterocycles. The van der Waals surface area contributed by atoms with Crippen LogP contribution in [0.25, 0.3) is 0 Å². The van der Waals surface area contributed by atoms with Gasteiger partial charge in [0, 0.05) is 28.9 Å². The van der Waals surface area contributed by atoms with Crippen molar-refractivity contribution in [2.24, 2.45) is 0 Å². The first-order valence-corrected chi connectivity index (χ1v) is 13.3. The average molecular weight is 509 g/mol. The summed E-state index contributed by atoms with van der Waals surface area (Å²) in [4.78, 5) is 29.9. The normalized spacial score (nSPS) is 12.6. The third-order valence-electron chi connectivity index (χ3n) is 6.05. The summed E-state index contributed by atoms with van der Waals surface area (Å²) in [5.41, 5.74) is 3.15. The Morgan fingerprint density at radius 1 is 0.971 bits per heavy atom. The summed E-state index contributed by atoms with van der Waals surface area (Å²) in [6, 6.07) is 24.7. The lowest BCUT2D eigenvalue weighted by Crippen LogP contribution is -2.52. The van der Waals surface area contributed by atoms with Crippen molar-refractivity contribution < 1.29 is 9.59 Å². The first-order valence-electron chi connectivity index (χ1n) is 11.9. The van der Waals surface area contributed by atoms with Gasteiger partial charge < -0.3 is 10.2 Å². The quantitative estimate of drug-likeness (QED) is 0.309. The van der Waals surface area contributed by atoms with Gasteiger partial charge in [-0.1, -0.05) is 73.1 Å². The zero-order valence-electron chi connectivity index (χ0n) is 20.5. The molecule has 0 fully saturated rings. The molecule has 6 heteroatoms.